The summed E-state index contributed by atoms with van der Waals surface area (Å²) in [7, 11) is 0. The Hall–Kier alpha value is -1.77. The summed E-state index contributed by atoms with van der Waals surface area (Å²) in [5.74, 6) is -1.86. The number of thioether (sulfide) groups is 1. The molecule has 2 amide bonds. The molecule has 25 heavy (non-hydrogen) atoms. The van der Waals surface area contributed by atoms with Gasteiger partial charge in [-0.3, -0.25) is 9.59 Å². The maximum Gasteiger partial charge on any atom is 0.327 e. The van der Waals surface area contributed by atoms with Gasteiger partial charge >= 0.3 is 5.97 Å². The first-order valence-corrected chi connectivity index (χ1v) is 8.45. The van der Waals surface area contributed by atoms with Crippen molar-refractivity contribution >= 4 is 42.0 Å². The molecule has 1 unspecified atom stereocenters. The molecule has 9 heteroatoms. The van der Waals surface area contributed by atoms with Gasteiger partial charge in [-0.05, 0) is 19.4 Å². The van der Waals surface area contributed by atoms with E-state index in [0.29, 0.717) is 5.56 Å². The van der Waals surface area contributed by atoms with E-state index in [9.17, 15) is 19.5 Å². The highest BCUT2D eigenvalue weighted by atomic mass is 35.5. The number of β-lactam (4-membered cyclic amide) rings is 1. The molecule has 2 aliphatic heterocycles. The molecule has 2 saturated heterocycles. The lowest BCUT2D eigenvalue weighted by Crippen LogP contribution is -2.71. The first-order chi connectivity index (χ1) is 11.2. The molecule has 7 nitrogen and oxygen atoms in total. The Morgan fingerprint density at radius 2 is 1.92 bits per heavy atom. The molecular weight excluding hydrogens is 366 g/mol. The molecule has 2 aliphatic rings. The molecule has 0 spiro atoms. The van der Waals surface area contributed by atoms with Crippen molar-refractivity contribution in [3.8, 4) is 0 Å². The van der Waals surface area contributed by atoms with Gasteiger partial charge in [-0.15, -0.1) is 24.2 Å². The second kappa shape index (κ2) is 6.86. The number of benzene rings is 1. The molecule has 0 radical (unpaired) electrons. The van der Waals surface area contributed by atoms with Gasteiger partial charge in [0.15, 0.2) is 0 Å². The fourth-order valence-corrected chi connectivity index (χ4v) is 4.83. The van der Waals surface area contributed by atoms with Crippen molar-refractivity contribution in [1.29, 1.82) is 0 Å². The summed E-state index contributed by atoms with van der Waals surface area (Å²) in [5, 5.41) is 11.7. The lowest BCUT2D eigenvalue weighted by Gasteiger charge is -2.43. The largest absolute Gasteiger partial charge is 0.480 e. The van der Waals surface area contributed by atoms with Crippen LogP contribution in [0.25, 0.3) is 0 Å². The molecule has 4 N–H and O–H groups in total. The number of carboxylic acids is 1. The zero-order chi connectivity index (χ0) is 17.6. The topological polar surface area (TPSA) is 113 Å². The monoisotopic (exact) mass is 385 g/mol. The first kappa shape index (κ1) is 19.6. The molecule has 2 heterocycles. The SMILES string of the molecule is CC1(C)S[C@@H]2[C@H](NC(=O)C(N)c3ccccc3)C(=O)N2[C@H]1C(=O)O.Cl. The van der Waals surface area contributed by atoms with E-state index in [-0.39, 0.29) is 23.7 Å². The number of hydrogen-bond donors (Lipinski definition) is 3. The summed E-state index contributed by atoms with van der Waals surface area (Å²) in [4.78, 5) is 37.5. The van der Waals surface area contributed by atoms with Gasteiger partial charge in [0, 0.05) is 4.75 Å². The number of hydrogen-bond acceptors (Lipinski definition) is 5. The zero-order valence-electron chi connectivity index (χ0n) is 13.7. The smallest absolute Gasteiger partial charge is 0.327 e. The summed E-state index contributed by atoms with van der Waals surface area (Å²) in [5.41, 5.74) is 6.59. The van der Waals surface area contributed by atoms with Gasteiger partial charge in [-0.1, -0.05) is 30.3 Å². The summed E-state index contributed by atoms with van der Waals surface area (Å²) in [6.07, 6.45) is 0. The van der Waals surface area contributed by atoms with Crippen molar-refractivity contribution in [1.82, 2.24) is 10.2 Å². The van der Waals surface area contributed by atoms with Crippen LogP contribution < -0.4 is 11.1 Å². The number of nitrogens with zero attached hydrogens (tertiary/aromatic N) is 1. The highest BCUT2D eigenvalue weighted by molar-refractivity contribution is 8.01. The van der Waals surface area contributed by atoms with E-state index in [1.807, 2.05) is 6.07 Å². The second-order valence-corrected chi connectivity index (χ2v) is 8.24. The third-order valence-corrected chi connectivity index (χ3v) is 5.99. The number of rotatable bonds is 4. The Morgan fingerprint density at radius 3 is 2.48 bits per heavy atom. The molecule has 0 bridgehead atoms. The highest BCUT2D eigenvalue weighted by Crippen LogP contribution is 2.50. The number of aliphatic carboxylic acids is 1. The maximum atomic E-state index is 12.3. The Balaban J connectivity index is 0.00000225. The van der Waals surface area contributed by atoms with Gasteiger partial charge in [-0.25, -0.2) is 4.79 Å². The minimum atomic E-state index is -1.03. The fourth-order valence-electron chi connectivity index (χ4n) is 3.20. The van der Waals surface area contributed by atoms with Crippen molar-refractivity contribution in [2.45, 2.75) is 42.1 Å². The lowest BCUT2D eigenvalue weighted by atomic mass is 9.95. The summed E-state index contributed by atoms with van der Waals surface area (Å²) < 4.78 is -0.618. The van der Waals surface area contributed by atoms with Crippen molar-refractivity contribution < 1.29 is 19.5 Å². The van der Waals surface area contributed by atoms with E-state index < -0.39 is 34.7 Å². The molecule has 0 aromatic heterocycles. The predicted molar refractivity (Wildman–Crippen MR) is 96.3 cm³/mol. The number of carbonyl (C=O) groups excluding carboxylic acids is 2. The number of nitrogens with one attached hydrogen (secondary N) is 1. The van der Waals surface area contributed by atoms with Crippen LogP contribution >= 0.6 is 24.2 Å². The van der Waals surface area contributed by atoms with Crippen LogP contribution in [0.4, 0.5) is 0 Å². The van der Waals surface area contributed by atoms with Crippen molar-refractivity contribution in [2.24, 2.45) is 5.73 Å². The fraction of sp³-hybridized carbons (Fsp3) is 0.438. The Bertz CT molecular complexity index is 700. The molecule has 136 valence electrons. The summed E-state index contributed by atoms with van der Waals surface area (Å²) >= 11 is 1.38. The van der Waals surface area contributed by atoms with Crippen LogP contribution in [0.15, 0.2) is 30.3 Å². The number of fused-ring (bicyclic) bond motifs is 1. The van der Waals surface area contributed by atoms with Crippen LogP contribution in [-0.4, -0.2) is 50.0 Å². The van der Waals surface area contributed by atoms with E-state index in [2.05, 4.69) is 5.32 Å². The lowest BCUT2D eigenvalue weighted by molar-refractivity contribution is -0.161. The summed E-state index contributed by atoms with van der Waals surface area (Å²) in [6.45, 7) is 3.58. The molecule has 0 aliphatic carbocycles. The molecule has 1 aromatic rings. The molecule has 4 atom stereocenters. The van der Waals surface area contributed by atoms with Crippen molar-refractivity contribution in [2.75, 3.05) is 0 Å². The van der Waals surface area contributed by atoms with Gasteiger partial charge in [-0.2, -0.15) is 0 Å². The quantitative estimate of drug-likeness (QED) is 0.659. The Kier molecular flexibility index (Phi) is 5.36. The van der Waals surface area contributed by atoms with E-state index in [1.54, 1.807) is 38.1 Å². The Labute approximate surface area is 155 Å². The minimum absolute atomic E-state index is 0. The van der Waals surface area contributed by atoms with Gasteiger partial charge in [0.25, 0.3) is 0 Å². The van der Waals surface area contributed by atoms with Gasteiger partial charge in [0.1, 0.15) is 23.5 Å². The van der Waals surface area contributed by atoms with E-state index >= 15 is 0 Å². The van der Waals surface area contributed by atoms with Crippen LogP contribution in [0.1, 0.15) is 25.5 Å². The zero-order valence-corrected chi connectivity index (χ0v) is 15.3. The first-order valence-electron chi connectivity index (χ1n) is 7.58. The molecular formula is C16H20ClN3O4S. The third-order valence-electron chi connectivity index (χ3n) is 4.41. The van der Waals surface area contributed by atoms with Crippen LogP contribution in [0.2, 0.25) is 0 Å². The van der Waals surface area contributed by atoms with Gasteiger partial charge in [0.05, 0.1) is 0 Å². The summed E-state index contributed by atoms with van der Waals surface area (Å²) in [6, 6.07) is 6.38. The minimum Gasteiger partial charge on any atom is -0.480 e. The number of amides is 2. The van der Waals surface area contributed by atoms with Crippen molar-refractivity contribution in [3.05, 3.63) is 35.9 Å². The normalized spacial score (nSPS) is 27.6. The Morgan fingerprint density at radius 1 is 1.32 bits per heavy atom. The number of halogens is 1. The van der Waals surface area contributed by atoms with E-state index in [1.165, 1.54) is 16.7 Å². The number of nitrogens with two attached hydrogens (primary N) is 1. The van der Waals surface area contributed by atoms with Crippen LogP contribution in [0.5, 0.6) is 0 Å². The molecule has 0 saturated carbocycles. The van der Waals surface area contributed by atoms with Crippen LogP contribution in [0.3, 0.4) is 0 Å². The van der Waals surface area contributed by atoms with E-state index in [4.69, 9.17) is 5.73 Å². The highest BCUT2D eigenvalue weighted by Gasteiger charge is 2.64. The van der Waals surface area contributed by atoms with Gasteiger partial charge < -0.3 is 21.1 Å². The number of carbonyl (C=O) groups is 3. The average molecular weight is 386 g/mol. The molecule has 1 aromatic carbocycles. The third kappa shape index (κ3) is 3.21. The second-order valence-electron chi connectivity index (χ2n) is 6.47. The van der Waals surface area contributed by atoms with Crippen LogP contribution in [-0.2, 0) is 14.4 Å². The predicted octanol–water partition coefficient (Wildman–Crippen LogP) is 0.740. The average Bonchev–Trinajstić information content (AvgIpc) is 2.80. The van der Waals surface area contributed by atoms with Crippen molar-refractivity contribution in [3.63, 3.8) is 0 Å². The standard InChI is InChI=1S/C16H19N3O4S.ClH/c1-16(2)11(15(22)23)19-13(21)10(14(19)24-16)18-12(20)9(17)8-6-4-3-5-7-8;/h3-7,9-11,14H,17H2,1-2H3,(H,18,20)(H,22,23);1H/t9?,10-,11+,14-;/m1./s1. The molecule has 2 fully saturated rings. The van der Waals surface area contributed by atoms with Crippen LogP contribution in [0, 0.1) is 0 Å². The van der Waals surface area contributed by atoms with E-state index in [0.717, 1.165) is 0 Å². The van der Waals surface area contributed by atoms with Gasteiger partial charge in [0.2, 0.25) is 11.8 Å². The molecule has 3 rings (SSSR count). The maximum absolute atomic E-state index is 12.3. The number of carboxylic acid groups (broad SMARTS) is 1.